The van der Waals surface area contributed by atoms with Gasteiger partial charge in [0.1, 0.15) is 0 Å². The molecule has 2 fully saturated rings. The van der Waals surface area contributed by atoms with Crippen LogP contribution in [0, 0.1) is 11.8 Å². The van der Waals surface area contributed by atoms with Gasteiger partial charge in [0.05, 0.1) is 11.7 Å². The van der Waals surface area contributed by atoms with Gasteiger partial charge in [0.2, 0.25) is 0 Å². The van der Waals surface area contributed by atoms with E-state index in [1.807, 2.05) is 0 Å². The Balaban J connectivity index is 2.16. The van der Waals surface area contributed by atoms with Crippen molar-refractivity contribution in [2.24, 2.45) is 11.8 Å². The molecule has 0 N–H and O–H groups in total. The van der Waals surface area contributed by atoms with Gasteiger partial charge in [-0.1, -0.05) is 6.92 Å². The third kappa shape index (κ3) is 1.10. The third-order valence-electron chi connectivity index (χ3n) is 3.56. The fourth-order valence-electron chi connectivity index (χ4n) is 2.56. The molecule has 0 aromatic rings. The minimum Gasteiger partial charge on any atom is -0.372 e. The molecule has 0 spiro atoms. The molecule has 0 amide bonds. The fraction of sp³-hybridized carbons (Fsp3) is 1.00. The van der Waals surface area contributed by atoms with Crippen molar-refractivity contribution >= 4 is 0 Å². The summed E-state index contributed by atoms with van der Waals surface area (Å²) < 4.78 is 5.98. The molecule has 1 aliphatic carbocycles. The first-order valence-corrected chi connectivity index (χ1v) is 4.77. The van der Waals surface area contributed by atoms with Gasteiger partial charge in [-0.05, 0) is 44.9 Å². The van der Waals surface area contributed by atoms with Gasteiger partial charge < -0.3 is 4.74 Å². The van der Waals surface area contributed by atoms with Crippen molar-refractivity contribution in [3.05, 3.63) is 0 Å². The number of hydrogen-bond donors (Lipinski definition) is 0. The van der Waals surface area contributed by atoms with E-state index in [1.165, 1.54) is 19.3 Å². The van der Waals surface area contributed by atoms with Crippen LogP contribution in [-0.4, -0.2) is 11.7 Å². The first-order valence-electron chi connectivity index (χ1n) is 4.77. The van der Waals surface area contributed by atoms with Gasteiger partial charge in [0.15, 0.2) is 0 Å². The minimum atomic E-state index is 0.176. The number of hydrogen-bond acceptors (Lipinski definition) is 1. The van der Waals surface area contributed by atoms with Crippen molar-refractivity contribution in [3.63, 3.8) is 0 Å². The maximum Gasteiger partial charge on any atom is 0.0659 e. The maximum absolute atomic E-state index is 5.98. The van der Waals surface area contributed by atoms with Crippen LogP contribution in [-0.2, 0) is 4.74 Å². The molecule has 3 atom stereocenters. The van der Waals surface area contributed by atoms with Gasteiger partial charge in [-0.2, -0.15) is 0 Å². The highest BCUT2D eigenvalue weighted by Crippen LogP contribution is 2.46. The molecule has 1 saturated heterocycles. The molecule has 0 aromatic carbocycles. The van der Waals surface area contributed by atoms with Crippen LogP contribution in [0.2, 0.25) is 0 Å². The van der Waals surface area contributed by atoms with Crippen LogP contribution < -0.4 is 0 Å². The maximum atomic E-state index is 5.98. The SMILES string of the molecule is C[C@@H]1CC[C@H]2C[C@@H]1OC2(C)C. The molecule has 1 heteroatoms. The van der Waals surface area contributed by atoms with Crippen LogP contribution in [0.15, 0.2) is 0 Å². The lowest BCUT2D eigenvalue weighted by molar-refractivity contribution is -0.0373. The monoisotopic (exact) mass is 154 g/mol. The molecule has 2 bridgehead atoms. The lowest BCUT2D eigenvalue weighted by Gasteiger charge is -2.25. The van der Waals surface area contributed by atoms with E-state index < -0.39 is 0 Å². The predicted molar refractivity (Wildman–Crippen MR) is 45.5 cm³/mol. The average Bonchev–Trinajstić information content (AvgIpc) is 2.16. The van der Waals surface area contributed by atoms with Crippen LogP contribution in [0.25, 0.3) is 0 Å². The van der Waals surface area contributed by atoms with Gasteiger partial charge in [0, 0.05) is 0 Å². The molecule has 0 aromatic heterocycles. The largest absolute Gasteiger partial charge is 0.372 e. The Morgan fingerprint density at radius 1 is 1.27 bits per heavy atom. The zero-order valence-corrected chi connectivity index (χ0v) is 7.76. The van der Waals surface area contributed by atoms with E-state index in [9.17, 15) is 0 Å². The molecule has 0 radical (unpaired) electrons. The second kappa shape index (κ2) is 2.22. The van der Waals surface area contributed by atoms with E-state index in [2.05, 4.69) is 20.8 Å². The highest BCUT2D eigenvalue weighted by Gasteiger charge is 2.46. The quantitative estimate of drug-likeness (QED) is 0.521. The Hall–Kier alpha value is -0.0400. The van der Waals surface area contributed by atoms with Crippen LogP contribution in [0.4, 0.5) is 0 Å². The van der Waals surface area contributed by atoms with E-state index in [4.69, 9.17) is 4.74 Å². The predicted octanol–water partition coefficient (Wildman–Crippen LogP) is 2.60. The zero-order valence-electron chi connectivity index (χ0n) is 7.76. The summed E-state index contributed by atoms with van der Waals surface area (Å²) in [6.45, 7) is 6.81. The summed E-state index contributed by atoms with van der Waals surface area (Å²) in [7, 11) is 0. The number of ether oxygens (including phenoxy) is 1. The Labute approximate surface area is 69.1 Å². The van der Waals surface area contributed by atoms with Crippen LogP contribution in [0.5, 0.6) is 0 Å². The first kappa shape index (κ1) is 7.60. The number of fused-ring (bicyclic) bond motifs is 2. The first-order chi connectivity index (χ1) is 5.09. The van der Waals surface area contributed by atoms with Crippen molar-refractivity contribution in [2.45, 2.75) is 51.7 Å². The van der Waals surface area contributed by atoms with E-state index >= 15 is 0 Å². The van der Waals surface area contributed by atoms with Crippen molar-refractivity contribution in [2.75, 3.05) is 0 Å². The number of rotatable bonds is 0. The molecule has 2 aliphatic rings. The second-order valence-corrected chi connectivity index (χ2v) is 4.75. The molecule has 11 heavy (non-hydrogen) atoms. The highest BCUT2D eigenvalue weighted by molar-refractivity contribution is 4.95. The molecule has 2 rings (SSSR count). The van der Waals surface area contributed by atoms with E-state index in [1.54, 1.807) is 0 Å². The van der Waals surface area contributed by atoms with Gasteiger partial charge in [-0.3, -0.25) is 0 Å². The van der Waals surface area contributed by atoms with E-state index in [0.29, 0.717) is 6.10 Å². The lowest BCUT2D eigenvalue weighted by atomic mass is 9.78. The molecule has 64 valence electrons. The van der Waals surface area contributed by atoms with Crippen LogP contribution in [0.3, 0.4) is 0 Å². The molecular formula is C10H18O. The Kier molecular flexibility index (Phi) is 1.54. The van der Waals surface area contributed by atoms with Crippen LogP contribution >= 0.6 is 0 Å². The summed E-state index contributed by atoms with van der Waals surface area (Å²) in [6.07, 6.45) is 4.64. The van der Waals surface area contributed by atoms with Crippen LogP contribution in [0.1, 0.15) is 40.0 Å². The van der Waals surface area contributed by atoms with Gasteiger partial charge in [0.25, 0.3) is 0 Å². The smallest absolute Gasteiger partial charge is 0.0659 e. The summed E-state index contributed by atoms with van der Waals surface area (Å²) in [4.78, 5) is 0. The topological polar surface area (TPSA) is 9.23 Å². The van der Waals surface area contributed by atoms with Gasteiger partial charge in [-0.15, -0.1) is 0 Å². The van der Waals surface area contributed by atoms with Crippen molar-refractivity contribution in [3.8, 4) is 0 Å². The zero-order chi connectivity index (χ0) is 8.06. The van der Waals surface area contributed by atoms with Gasteiger partial charge >= 0.3 is 0 Å². The van der Waals surface area contributed by atoms with E-state index in [0.717, 1.165) is 11.8 Å². The molecule has 1 saturated carbocycles. The summed E-state index contributed by atoms with van der Waals surface area (Å²) in [6, 6.07) is 0. The fourth-order valence-corrected chi connectivity index (χ4v) is 2.56. The molecule has 1 nitrogen and oxygen atoms in total. The second-order valence-electron chi connectivity index (χ2n) is 4.75. The van der Waals surface area contributed by atoms with Gasteiger partial charge in [-0.25, -0.2) is 0 Å². The third-order valence-corrected chi connectivity index (χ3v) is 3.56. The molecule has 1 heterocycles. The average molecular weight is 154 g/mol. The van der Waals surface area contributed by atoms with Crippen molar-refractivity contribution < 1.29 is 4.74 Å². The molecule has 0 unspecified atom stereocenters. The Bertz CT molecular complexity index is 162. The summed E-state index contributed by atoms with van der Waals surface area (Å²) in [5.74, 6) is 1.64. The lowest BCUT2D eigenvalue weighted by Crippen LogP contribution is -2.26. The summed E-state index contributed by atoms with van der Waals surface area (Å²) >= 11 is 0. The summed E-state index contributed by atoms with van der Waals surface area (Å²) in [5, 5.41) is 0. The normalized spacial score (nSPS) is 47.7. The van der Waals surface area contributed by atoms with Crippen molar-refractivity contribution in [1.29, 1.82) is 0 Å². The summed E-state index contributed by atoms with van der Waals surface area (Å²) in [5.41, 5.74) is 0.176. The Morgan fingerprint density at radius 3 is 2.64 bits per heavy atom. The standard InChI is InChI=1S/C10H18O/c1-7-4-5-8-6-9(7)11-10(8,2)3/h7-9H,4-6H2,1-3H3/t7-,8+,9+/m1/s1. The Morgan fingerprint density at radius 2 is 2.00 bits per heavy atom. The van der Waals surface area contributed by atoms with Crippen molar-refractivity contribution in [1.82, 2.24) is 0 Å². The molecule has 1 aliphatic heterocycles. The highest BCUT2D eigenvalue weighted by atomic mass is 16.5. The van der Waals surface area contributed by atoms with E-state index in [-0.39, 0.29) is 5.60 Å². The molecular weight excluding hydrogens is 136 g/mol. The minimum absolute atomic E-state index is 0.176.